The number of hydrogen-bond acceptors (Lipinski definition) is 5. The van der Waals surface area contributed by atoms with E-state index in [0.717, 1.165) is 17.2 Å². The molecule has 1 aromatic heterocycles. The van der Waals surface area contributed by atoms with E-state index in [0.29, 0.717) is 42.6 Å². The molecular formula is C19H24ClN3O2S. The second-order valence-corrected chi connectivity index (χ2v) is 8.44. The molecule has 0 unspecified atom stereocenters. The standard InChI is InChI=1S/C19H24ClN3O2S/c1-13(2)11-21-18-22-16(12-26-18)17(24)23-9-7-19(25,8-10-23)14-3-5-15(20)6-4-14/h3-6,12-13,25H,7-11H2,1-2H3,(H,21,22). The van der Waals surface area contributed by atoms with Gasteiger partial charge in [-0.2, -0.15) is 0 Å². The third kappa shape index (κ3) is 4.37. The lowest BCUT2D eigenvalue weighted by molar-refractivity contribution is -0.0212. The molecule has 0 atom stereocenters. The van der Waals surface area contributed by atoms with Gasteiger partial charge in [-0.05, 0) is 36.5 Å². The van der Waals surface area contributed by atoms with Crippen LogP contribution in [-0.2, 0) is 5.60 Å². The summed E-state index contributed by atoms with van der Waals surface area (Å²) in [5, 5.41) is 17.4. The fraction of sp³-hybridized carbons (Fsp3) is 0.474. The minimum Gasteiger partial charge on any atom is -0.385 e. The number of carbonyl (C=O) groups is 1. The molecule has 2 N–H and O–H groups in total. The molecule has 3 rings (SSSR count). The van der Waals surface area contributed by atoms with Gasteiger partial charge in [-0.25, -0.2) is 4.98 Å². The summed E-state index contributed by atoms with van der Waals surface area (Å²) in [6.45, 7) is 6.10. The van der Waals surface area contributed by atoms with Gasteiger partial charge in [0.15, 0.2) is 5.13 Å². The minimum absolute atomic E-state index is 0.0722. The molecule has 0 saturated carbocycles. The molecule has 5 nitrogen and oxygen atoms in total. The molecule has 1 fully saturated rings. The predicted molar refractivity (Wildman–Crippen MR) is 106 cm³/mol. The van der Waals surface area contributed by atoms with E-state index in [1.165, 1.54) is 11.3 Å². The Morgan fingerprint density at radius 1 is 1.35 bits per heavy atom. The summed E-state index contributed by atoms with van der Waals surface area (Å²) in [6.07, 6.45) is 1.01. The highest BCUT2D eigenvalue weighted by Gasteiger charge is 2.36. The molecule has 2 heterocycles. The molecule has 0 aliphatic carbocycles. The summed E-state index contributed by atoms with van der Waals surface area (Å²) >= 11 is 7.37. The monoisotopic (exact) mass is 393 g/mol. The van der Waals surface area contributed by atoms with Crippen LogP contribution in [-0.4, -0.2) is 40.5 Å². The van der Waals surface area contributed by atoms with Gasteiger partial charge in [0, 0.05) is 30.0 Å². The van der Waals surface area contributed by atoms with Crippen molar-refractivity contribution in [3.05, 3.63) is 45.9 Å². The van der Waals surface area contributed by atoms with Gasteiger partial charge in [-0.1, -0.05) is 37.6 Å². The number of nitrogens with one attached hydrogen (secondary N) is 1. The van der Waals surface area contributed by atoms with Crippen LogP contribution in [0.5, 0.6) is 0 Å². The molecule has 0 bridgehead atoms. The summed E-state index contributed by atoms with van der Waals surface area (Å²) in [5.41, 5.74) is 0.411. The first-order valence-electron chi connectivity index (χ1n) is 8.84. The molecule has 1 amide bonds. The molecule has 0 spiro atoms. The SMILES string of the molecule is CC(C)CNc1nc(C(=O)N2CCC(O)(c3ccc(Cl)cc3)CC2)cs1. The predicted octanol–water partition coefficient (Wildman–Crippen LogP) is 3.99. The maximum atomic E-state index is 12.7. The average Bonchev–Trinajstić information content (AvgIpc) is 3.09. The number of benzene rings is 1. The van der Waals surface area contributed by atoms with Crippen molar-refractivity contribution in [3.63, 3.8) is 0 Å². The molecule has 26 heavy (non-hydrogen) atoms. The van der Waals surface area contributed by atoms with Gasteiger partial charge in [0.2, 0.25) is 0 Å². The van der Waals surface area contributed by atoms with Crippen LogP contribution in [0.3, 0.4) is 0 Å². The third-order valence-electron chi connectivity index (χ3n) is 4.64. The average molecular weight is 394 g/mol. The number of halogens is 1. The van der Waals surface area contributed by atoms with Crippen LogP contribution >= 0.6 is 22.9 Å². The number of amides is 1. The van der Waals surface area contributed by atoms with Gasteiger partial charge < -0.3 is 15.3 Å². The van der Waals surface area contributed by atoms with Crippen molar-refractivity contribution < 1.29 is 9.90 Å². The van der Waals surface area contributed by atoms with Crippen LogP contribution < -0.4 is 5.32 Å². The first kappa shape index (κ1) is 19.1. The highest BCUT2D eigenvalue weighted by molar-refractivity contribution is 7.13. The van der Waals surface area contributed by atoms with E-state index in [1.54, 1.807) is 22.4 Å². The first-order valence-corrected chi connectivity index (χ1v) is 10.1. The van der Waals surface area contributed by atoms with Gasteiger partial charge in [0.05, 0.1) is 5.60 Å². The van der Waals surface area contributed by atoms with E-state index >= 15 is 0 Å². The summed E-state index contributed by atoms with van der Waals surface area (Å²) in [6, 6.07) is 7.28. The van der Waals surface area contributed by atoms with Crippen LogP contribution in [0.2, 0.25) is 5.02 Å². The van der Waals surface area contributed by atoms with E-state index in [1.807, 2.05) is 12.1 Å². The summed E-state index contributed by atoms with van der Waals surface area (Å²) in [5.74, 6) is 0.447. The van der Waals surface area contributed by atoms with E-state index in [9.17, 15) is 9.90 Å². The number of carbonyl (C=O) groups excluding carboxylic acids is 1. The summed E-state index contributed by atoms with van der Waals surface area (Å²) < 4.78 is 0. The normalized spacial score (nSPS) is 16.7. The Balaban J connectivity index is 1.60. The molecule has 1 aliphatic heterocycles. The number of thiazole rings is 1. The van der Waals surface area contributed by atoms with Gasteiger partial charge >= 0.3 is 0 Å². The quantitative estimate of drug-likeness (QED) is 0.806. The Morgan fingerprint density at radius 3 is 2.62 bits per heavy atom. The number of rotatable bonds is 5. The largest absolute Gasteiger partial charge is 0.385 e. The van der Waals surface area contributed by atoms with Gasteiger partial charge in [0.25, 0.3) is 5.91 Å². The highest BCUT2D eigenvalue weighted by Crippen LogP contribution is 2.34. The zero-order chi connectivity index (χ0) is 18.7. The van der Waals surface area contributed by atoms with Crippen molar-refractivity contribution in [2.45, 2.75) is 32.3 Å². The van der Waals surface area contributed by atoms with Crippen LogP contribution in [0.15, 0.2) is 29.6 Å². The Morgan fingerprint density at radius 2 is 2.00 bits per heavy atom. The van der Waals surface area contributed by atoms with Gasteiger partial charge in [-0.3, -0.25) is 4.79 Å². The Hall–Kier alpha value is -1.63. The maximum absolute atomic E-state index is 12.7. The van der Waals surface area contributed by atoms with Gasteiger partial charge in [0.1, 0.15) is 5.69 Å². The van der Waals surface area contributed by atoms with Crippen molar-refractivity contribution in [2.24, 2.45) is 5.92 Å². The molecule has 7 heteroatoms. The van der Waals surface area contributed by atoms with Crippen LogP contribution in [0.1, 0.15) is 42.7 Å². The number of hydrogen-bond donors (Lipinski definition) is 2. The van der Waals surface area contributed by atoms with Crippen molar-refractivity contribution in [2.75, 3.05) is 25.0 Å². The number of aromatic nitrogens is 1. The molecule has 1 aromatic carbocycles. The lowest BCUT2D eigenvalue weighted by Crippen LogP contribution is -2.45. The van der Waals surface area contributed by atoms with Crippen molar-refractivity contribution in [3.8, 4) is 0 Å². The van der Waals surface area contributed by atoms with Crippen LogP contribution in [0.4, 0.5) is 5.13 Å². The zero-order valence-electron chi connectivity index (χ0n) is 15.0. The molecule has 1 aliphatic rings. The number of likely N-dealkylation sites (tertiary alicyclic amines) is 1. The Labute approximate surface area is 163 Å². The lowest BCUT2D eigenvalue weighted by atomic mass is 9.84. The maximum Gasteiger partial charge on any atom is 0.273 e. The number of piperidine rings is 1. The molecular weight excluding hydrogens is 370 g/mol. The number of aliphatic hydroxyl groups is 1. The number of nitrogens with zero attached hydrogens (tertiary/aromatic N) is 2. The van der Waals surface area contributed by atoms with Gasteiger partial charge in [-0.15, -0.1) is 11.3 Å². The second-order valence-electron chi connectivity index (χ2n) is 7.14. The number of anilines is 1. The summed E-state index contributed by atoms with van der Waals surface area (Å²) in [7, 11) is 0. The third-order valence-corrected chi connectivity index (χ3v) is 5.70. The van der Waals surface area contributed by atoms with Crippen LogP contribution in [0, 0.1) is 5.92 Å². The molecule has 140 valence electrons. The lowest BCUT2D eigenvalue weighted by Gasteiger charge is -2.38. The van der Waals surface area contributed by atoms with E-state index in [-0.39, 0.29) is 5.91 Å². The topological polar surface area (TPSA) is 65.5 Å². The smallest absolute Gasteiger partial charge is 0.273 e. The van der Waals surface area contributed by atoms with Crippen molar-refractivity contribution in [1.29, 1.82) is 0 Å². The Bertz CT molecular complexity index is 752. The Kier molecular flexibility index (Phi) is 5.85. The van der Waals surface area contributed by atoms with Crippen molar-refractivity contribution in [1.82, 2.24) is 9.88 Å². The highest BCUT2D eigenvalue weighted by atomic mass is 35.5. The van der Waals surface area contributed by atoms with E-state index < -0.39 is 5.60 Å². The molecule has 1 saturated heterocycles. The fourth-order valence-electron chi connectivity index (χ4n) is 3.04. The van der Waals surface area contributed by atoms with Crippen LogP contribution in [0.25, 0.3) is 0 Å². The van der Waals surface area contributed by atoms with Crippen molar-refractivity contribution >= 4 is 34.0 Å². The van der Waals surface area contributed by atoms with E-state index in [4.69, 9.17) is 11.6 Å². The summed E-state index contributed by atoms with van der Waals surface area (Å²) in [4.78, 5) is 18.9. The first-order chi connectivity index (χ1) is 12.4. The fourth-order valence-corrected chi connectivity index (χ4v) is 3.86. The van der Waals surface area contributed by atoms with E-state index in [2.05, 4.69) is 24.1 Å². The molecule has 2 aromatic rings. The molecule has 0 radical (unpaired) electrons. The minimum atomic E-state index is -0.909. The second kappa shape index (κ2) is 7.94. The zero-order valence-corrected chi connectivity index (χ0v) is 16.6.